The Hall–Kier alpha value is -1.73. The smallest absolute Gasteiger partial charge is 0.261 e. The number of nitrogens with zero attached hydrogens (tertiary/aromatic N) is 4. The summed E-state index contributed by atoms with van der Waals surface area (Å²) in [5, 5.41) is 8.32. The van der Waals surface area contributed by atoms with E-state index in [4.69, 9.17) is 15.0 Å². The van der Waals surface area contributed by atoms with Crippen molar-refractivity contribution in [1.82, 2.24) is 19.9 Å². The van der Waals surface area contributed by atoms with Crippen LogP contribution in [0.1, 0.15) is 31.1 Å². The van der Waals surface area contributed by atoms with Crippen LogP contribution in [0.5, 0.6) is 0 Å². The quantitative estimate of drug-likeness (QED) is 0.886. The van der Waals surface area contributed by atoms with Crippen LogP contribution in [0, 0.1) is 13.8 Å². The molecule has 110 valence electrons. The van der Waals surface area contributed by atoms with Crippen LogP contribution in [-0.2, 0) is 17.3 Å². The lowest BCUT2D eigenvalue weighted by Gasteiger charge is -2.19. The summed E-state index contributed by atoms with van der Waals surface area (Å²) in [6.07, 6.45) is 0. The fraction of sp³-hybridized carbons (Fsp3) is 0.615. The highest BCUT2D eigenvalue weighted by Crippen LogP contribution is 2.26. The van der Waals surface area contributed by atoms with Gasteiger partial charge in [-0.1, -0.05) is 5.16 Å². The molecule has 0 saturated carbocycles. The molecular weight excluding hydrogens is 258 g/mol. The lowest BCUT2D eigenvalue weighted by Crippen LogP contribution is -2.39. The van der Waals surface area contributed by atoms with Crippen molar-refractivity contribution in [3.05, 3.63) is 17.2 Å². The number of aromatic nitrogens is 4. The molecule has 0 aliphatic heterocycles. The fourth-order valence-electron chi connectivity index (χ4n) is 2.02. The van der Waals surface area contributed by atoms with Gasteiger partial charge in [0, 0.05) is 19.3 Å². The zero-order chi connectivity index (χ0) is 14.9. The second kappa shape index (κ2) is 5.34. The molecule has 1 atom stereocenters. The lowest BCUT2D eigenvalue weighted by atomic mass is 10.1. The van der Waals surface area contributed by atoms with Crippen LogP contribution in [0.3, 0.4) is 0 Å². The lowest BCUT2D eigenvalue weighted by molar-refractivity contribution is 0.0962. The summed E-state index contributed by atoms with van der Waals surface area (Å²) in [5.74, 6) is 0.875. The Morgan fingerprint density at radius 2 is 2.10 bits per heavy atom. The highest BCUT2D eigenvalue weighted by molar-refractivity contribution is 5.59. The second-order valence-corrected chi connectivity index (χ2v) is 5.15. The largest absolute Gasteiger partial charge is 0.379 e. The minimum absolute atomic E-state index is 0.341. The van der Waals surface area contributed by atoms with Crippen molar-refractivity contribution in [3.63, 3.8) is 0 Å². The van der Waals surface area contributed by atoms with Crippen LogP contribution in [0.4, 0.5) is 0 Å². The predicted octanol–water partition coefficient (Wildman–Crippen LogP) is 1.30. The van der Waals surface area contributed by atoms with Gasteiger partial charge in [-0.05, 0) is 27.7 Å². The number of nitrogens with two attached hydrogens (primary N) is 1. The molecule has 7 nitrogen and oxygen atoms in total. The zero-order valence-corrected chi connectivity index (χ0v) is 12.6. The Balaban J connectivity index is 2.33. The first-order chi connectivity index (χ1) is 9.36. The molecule has 2 heterocycles. The van der Waals surface area contributed by atoms with E-state index in [-0.39, 0.29) is 0 Å². The maximum atomic E-state index is 6.17. The summed E-state index contributed by atoms with van der Waals surface area (Å²) in [7, 11) is 1.88. The molecule has 0 aromatic carbocycles. The maximum Gasteiger partial charge on any atom is 0.261 e. The van der Waals surface area contributed by atoms with Gasteiger partial charge in [0.05, 0.1) is 17.9 Å². The number of ether oxygens (including phenoxy) is 1. The zero-order valence-electron chi connectivity index (χ0n) is 12.6. The SMILES string of the molecule is CCOCC(C)(N)c1noc(-c2c(C)nn(C)c2C)n1. The maximum absolute atomic E-state index is 6.17. The molecule has 0 saturated heterocycles. The van der Waals surface area contributed by atoms with E-state index in [2.05, 4.69) is 15.2 Å². The second-order valence-electron chi connectivity index (χ2n) is 5.15. The number of hydrogen-bond donors (Lipinski definition) is 1. The molecule has 20 heavy (non-hydrogen) atoms. The molecule has 0 spiro atoms. The van der Waals surface area contributed by atoms with Gasteiger partial charge in [0.15, 0.2) is 5.82 Å². The molecular formula is C13H21N5O2. The molecule has 2 N–H and O–H groups in total. The summed E-state index contributed by atoms with van der Waals surface area (Å²) in [6.45, 7) is 8.54. The van der Waals surface area contributed by atoms with Crippen LogP contribution < -0.4 is 5.73 Å². The Kier molecular flexibility index (Phi) is 3.92. The average molecular weight is 279 g/mol. The van der Waals surface area contributed by atoms with Gasteiger partial charge >= 0.3 is 0 Å². The molecule has 0 radical (unpaired) electrons. The van der Waals surface area contributed by atoms with E-state index in [9.17, 15) is 0 Å². The molecule has 1 unspecified atom stereocenters. The van der Waals surface area contributed by atoms with Gasteiger partial charge in [0.2, 0.25) is 0 Å². The van der Waals surface area contributed by atoms with Crippen LogP contribution >= 0.6 is 0 Å². The first-order valence-electron chi connectivity index (χ1n) is 6.58. The van der Waals surface area contributed by atoms with Gasteiger partial charge in [0.1, 0.15) is 5.54 Å². The van der Waals surface area contributed by atoms with E-state index < -0.39 is 5.54 Å². The van der Waals surface area contributed by atoms with Gasteiger partial charge in [-0.25, -0.2) is 0 Å². The van der Waals surface area contributed by atoms with Crippen molar-refractivity contribution in [1.29, 1.82) is 0 Å². The molecule has 0 bridgehead atoms. The Morgan fingerprint density at radius 1 is 1.40 bits per heavy atom. The highest BCUT2D eigenvalue weighted by atomic mass is 16.5. The number of rotatable bonds is 5. The Bertz CT molecular complexity index is 600. The third-order valence-corrected chi connectivity index (χ3v) is 3.27. The fourth-order valence-corrected chi connectivity index (χ4v) is 2.02. The molecule has 0 aliphatic rings. The first-order valence-corrected chi connectivity index (χ1v) is 6.58. The van der Waals surface area contributed by atoms with Gasteiger partial charge in [-0.3, -0.25) is 4.68 Å². The van der Waals surface area contributed by atoms with Crippen LogP contribution in [-0.4, -0.2) is 33.1 Å². The summed E-state index contributed by atoms with van der Waals surface area (Å²) in [4.78, 5) is 4.40. The minimum atomic E-state index is -0.776. The van der Waals surface area contributed by atoms with Gasteiger partial charge in [0.25, 0.3) is 5.89 Å². The molecule has 7 heteroatoms. The molecule has 2 aromatic heterocycles. The van der Waals surface area contributed by atoms with Crippen molar-refractivity contribution in [3.8, 4) is 11.5 Å². The summed E-state index contributed by atoms with van der Waals surface area (Å²) in [5.41, 5.74) is 8.07. The van der Waals surface area contributed by atoms with Crippen molar-refractivity contribution >= 4 is 0 Å². The number of hydrogen-bond acceptors (Lipinski definition) is 6. The van der Waals surface area contributed by atoms with Crippen molar-refractivity contribution in [2.24, 2.45) is 12.8 Å². The third kappa shape index (κ3) is 2.59. The van der Waals surface area contributed by atoms with Crippen molar-refractivity contribution < 1.29 is 9.26 Å². The highest BCUT2D eigenvalue weighted by Gasteiger charge is 2.29. The third-order valence-electron chi connectivity index (χ3n) is 3.27. The average Bonchev–Trinajstić information content (AvgIpc) is 2.94. The van der Waals surface area contributed by atoms with Crippen molar-refractivity contribution in [2.45, 2.75) is 33.2 Å². The Morgan fingerprint density at radius 3 is 2.65 bits per heavy atom. The van der Waals surface area contributed by atoms with E-state index in [1.165, 1.54) is 0 Å². The molecule has 0 amide bonds. The normalized spacial score (nSPS) is 14.5. The molecule has 2 rings (SSSR count). The first kappa shape index (κ1) is 14.7. The minimum Gasteiger partial charge on any atom is -0.379 e. The van der Waals surface area contributed by atoms with Crippen LogP contribution in [0.2, 0.25) is 0 Å². The summed E-state index contributed by atoms with van der Waals surface area (Å²) < 4.78 is 12.5. The molecule has 2 aromatic rings. The summed E-state index contributed by atoms with van der Waals surface area (Å²) in [6, 6.07) is 0. The molecule has 0 fully saturated rings. The van der Waals surface area contributed by atoms with E-state index in [1.54, 1.807) is 4.68 Å². The van der Waals surface area contributed by atoms with E-state index >= 15 is 0 Å². The van der Waals surface area contributed by atoms with Crippen LogP contribution in [0.25, 0.3) is 11.5 Å². The van der Waals surface area contributed by atoms with Crippen molar-refractivity contribution in [2.75, 3.05) is 13.2 Å². The van der Waals surface area contributed by atoms with E-state index in [1.807, 2.05) is 34.7 Å². The molecule has 0 aliphatic carbocycles. The predicted molar refractivity (Wildman–Crippen MR) is 74.0 cm³/mol. The van der Waals surface area contributed by atoms with E-state index in [0.717, 1.165) is 17.0 Å². The van der Waals surface area contributed by atoms with Gasteiger partial charge in [-0.15, -0.1) is 0 Å². The standard InChI is InChI=1S/C13H21N5O2/c1-6-19-7-13(4,14)12-15-11(20-17-12)10-8(2)16-18(5)9(10)3/h6-7,14H2,1-5H3. The number of aryl methyl sites for hydroxylation is 2. The monoisotopic (exact) mass is 279 g/mol. The van der Waals surface area contributed by atoms with Crippen LogP contribution in [0.15, 0.2) is 4.52 Å². The Labute approximate surface area is 118 Å². The summed E-state index contributed by atoms with van der Waals surface area (Å²) >= 11 is 0. The van der Waals surface area contributed by atoms with Gasteiger partial charge < -0.3 is 15.0 Å². The van der Waals surface area contributed by atoms with Gasteiger partial charge in [-0.2, -0.15) is 10.1 Å². The topological polar surface area (TPSA) is 92.0 Å². The van der Waals surface area contributed by atoms with E-state index in [0.29, 0.717) is 24.9 Å².